The van der Waals surface area contributed by atoms with Gasteiger partial charge in [-0.25, -0.2) is 0 Å². The zero-order valence-electron chi connectivity index (χ0n) is 6.55. The van der Waals surface area contributed by atoms with Crippen LogP contribution in [0.5, 0.6) is 0 Å². The summed E-state index contributed by atoms with van der Waals surface area (Å²) in [4.78, 5) is 10.8. The minimum atomic E-state index is -0.0934. The van der Waals surface area contributed by atoms with Gasteiger partial charge in [0.15, 0.2) is 0 Å². The van der Waals surface area contributed by atoms with Crippen LogP contribution in [0.1, 0.15) is 19.3 Å². The van der Waals surface area contributed by atoms with E-state index in [0.29, 0.717) is 0 Å². The standard InChI is InChI=1S/C8H14N2O/c1-2-8(11)10-7-4-3-6(9)5-7/h2,6-7H,1,3-5,9H2,(H,10,11)/t6-,7?/m1/s1. The molecule has 1 amide bonds. The van der Waals surface area contributed by atoms with Crippen LogP contribution in [-0.2, 0) is 4.79 Å². The second-order valence-corrected chi connectivity index (χ2v) is 2.98. The van der Waals surface area contributed by atoms with Crippen molar-refractivity contribution in [2.24, 2.45) is 5.73 Å². The monoisotopic (exact) mass is 154 g/mol. The van der Waals surface area contributed by atoms with E-state index in [-0.39, 0.29) is 18.0 Å². The van der Waals surface area contributed by atoms with Crippen LogP contribution in [0.4, 0.5) is 0 Å². The van der Waals surface area contributed by atoms with Crippen molar-refractivity contribution in [2.75, 3.05) is 0 Å². The Morgan fingerprint density at radius 1 is 1.64 bits per heavy atom. The van der Waals surface area contributed by atoms with Gasteiger partial charge >= 0.3 is 0 Å². The number of nitrogens with two attached hydrogens (primary N) is 1. The number of rotatable bonds is 2. The number of hydrogen-bond donors (Lipinski definition) is 2. The predicted molar refractivity (Wildman–Crippen MR) is 44.0 cm³/mol. The van der Waals surface area contributed by atoms with E-state index in [9.17, 15) is 4.79 Å². The smallest absolute Gasteiger partial charge is 0.243 e. The average molecular weight is 154 g/mol. The molecule has 1 aliphatic carbocycles. The van der Waals surface area contributed by atoms with Crippen molar-refractivity contribution < 1.29 is 4.79 Å². The highest BCUT2D eigenvalue weighted by Crippen LogP contribution is 2.16. The van der Waals surface area contributed by atoms with Crippen molar-refractivity contribution in [3.63, 3.8) is 0 Å². The van der Waals surface area contributed by atoms with Gasteiger partial charge in [0.1, 0.15) is 0 Å². The average Bonchev–Trinajstić information content (AvgIpc) is 2.35. The third-order valence-electron chi connectivity index (χ3n) is 2.00. The molecule has 0 saturated heterocycles. The van der Waals surface area contributed by atoms with Crippen LogP contribution in [0.25, 0.3) is 0 Å². The van der Waals surface area contributed by atoms with Gasteiger partial charge in [-0.2, -0.15) is 0 Å². The summed E-state index contributed by atoms with van der Waals surface area (Å²) in [6.45, 7) is 3.38. The molecule has 3 heteroatoms. The van der Waals surface area contributed by atoms with Crippen molar-refractivity contribution in [3.8, 4) is 0 Å². The summed E-state index contributed by atoms with van der Waals surface area (Å²) in [6.07, 6.45) is 4.21. The van der Waals surface area contributed by atoms with Crippen LogP contribution < -0.4 is 11.1 Å². The minimum Gasteiger partial charge on any atom is -0.350 e. The van der Waals surface area contributed by atoms with Gasteiger partial charge in [0, 0.05) is 12.1 Å². The molecule has 3 N–H and O–H groups in total. The molecule has 0 radical (unpaired) electrons. The molecule has 0 spiro atoms. The maximum atomic E-state index is 10.8. The van der Waals surface area contributed by atoms with Crippen molar-refractivity contribution in [2.45, 2.75) is 31.3 Å². The number of hydrogen-bond acceptors (Lipinski definition) is 2. The maximum absolute atomic E-state index is 10.8. The van der Waals surface area contributed by atoms with Gasteiger partial charge in [-0.3, -0.25) is 4.79 Å². The fourth-order valence-electron chi connectivity index (χ4n) is 1.41. The Hall–Kier alpha value is -0.830. The van der Waals surface area contributed by atoms with Crippen LogP contribution in [0.2, 0.25) is 0 Å². The van der Waals surface area contributed by atoms with Gasteiger partial charge < -0.3 is 11.1 Å². The Balaban J connectivity index is 2.28. The molecule has 0 aromatic carbocycles. The first-order valence-electron chi connectivity index (χ1n) is 3.91. The van der Waals surface area contributed by atoms with Crippen molar-refractivity contribution in [3.05, 3.63) is 12.7 Å². The Bertz CT molecular complexity index is 167. The first-order chi connectivity index (χ1) is 5.22. The number of carbonyl (C=O) groups excluding carboxylic acids is 1. The summed E-state index contributed by atoms with van der Waals surface area (Å²) >= 11 is 0. The highest BCUT2D eigenvalue weighted by atomic mass is 16.1. The van der Waals surface area contributed by atoms with Crippen molar-refractivity contribution in [1.82, 2.24) is 5.32 Å². The summed E-state index contributed by atoms with van der Waals surface area (Å²) in [5.41, 5.74) is 5.67. The Morgan fingerprint density at radius 3 is 2.82 bits per heavy atom. The van der Waals surface area contributed by atoms with Crippen LogP contribution >= 0.6 is 0 Å². The molecule has 0 heterocycles. The number of carbonyl (C=O) groups is 1. The largest absolute Gasteiger partial charge is 0.350 e. The van der Waals surface area contributed by atoms with E-state index in [2.05, 4.69) is 11.9 Å². The molecule has 0 aliphatic heterocycles. The lowest BCUT2D eigenvalue weighted by atomic mass is 10.2. The van der Waals surface area contributed by atoms with Crippen LogP contribution in [0.15, 0.2) is 12.7 Å². The molecule has 0 aromatic rings. The molecule has 1 fully saturated rings. The van der Waals surface area contributed by atoms with E-state index in [4.69, 9.17) is 5.73 Å². The van der Waals surface area contributed by atoms with Gasteiger partial charge in [-0.05, 0) is 25.3 Å². The first-order valence-corrected chi connectivity index (χ1v) is 3.91. The molecule has 62 valence electrons. The van der Waals surface area contributed by atoms with Crippen LogP contribution in [-0.4, -0.2) is 18.0 Å². The van der Waals surface area contributed by atoms with Crippen molar-refractivity contribution in [1.29, 1.82) is 0 Å². The zero-order chi connectivity index (χ0) is 8.27. The highest BCUT2D eigenvalue weighted by Gasteiger charge is 2.21. The van der Waals surface area contributed by atoms with Gasteiger partial charge in [-0.15, -0.1) is 0 Å². The maximum Gasteiger partial charge on any atom is 0.243 e. The summed E-state index contributed by atoms with van der Waals surface area (Å²) < 4.78 is 0. The molecule has 0 bridgehead atoms. The molecular weight excluding hydrogens is 140 g/mol. The SMILES string of the molecule is C=CC(=O)NC1CC[C@@H](N)C1. The third kappa shape index (κ3) is 2.35. The molecule has 1 unspecified atom stereocenters. The first kappa shape index (κ1) is 8.27. The van der Waals surface area contributed by atoms with E-state index >= 15 is 0 Å². The summed E-state index contributed by atoms with van der Waals surface area (Å²) in [7, 11) is 0. The van der Waals surface area contributed by atoms with Crippen molar-refractivity contribution >= 4 is 5.91 Å². The lowest BCUT2D eigenvalue weighted by molar-refractivity contribution is -0.117. The van der Waals surface area contributed by atoms with E-state index < -0.39 is 0 Å². The summed E-state index contributed by atoms with van der Waals surface area (Å²) in [5, 5.41) is 2.82. The van der Waals surface area contributed by atoms with Crippen LogP contribution in [0.3, 0.4) is 0 Å². The molecule has 11 heavy (non-hydrogen) atoms. The molecule has 3 nitrogen and oxygen atoms in total. The molecule has 0 aromatic heterocycles. The predicted octanol–water partition coefficient (Wildman–Crippen LogP) is 0.168. The fraction of sp³-hybridized carbons (Fsp3) is 0.625. The Kier molecular flexibility index (Phi) is 2.65. The quantitative estimate of drug-likeness (QED) is 0.557. The van der Waals surface area contributed by atoms with E-state index in [1.165, 1.54) is 6.08 Å². The molecular formula is C8H14N2O. The Morgan fingerprint density at radius 2 is 2.36 bits per heavy atom. The summed E-state index contributed by atoms with van der Waals surface area (Å²) in [6, 6.07) is 0.542. The fourth-order valence-corrected chi connectivity index (χ4v) is 1.41. The molecule has 2 atom stereocenters. The Labute approximate surface area is 66.6 Å². The second kappa shape index (κ2) is 3.53. The number of nitrogens with one attached hydrogen (secondary N) is 1. The van der Waals surface area contributed by atoms with E-state index in [0.717, 1.165) is 19.3 Å². The van der Waals surface area contributed by atoms with Gasteiger partial charge in [0.25, 0.3) is 0 Å². The molecule has 1 aliphatic rings. The molecule has 1 saturated carbocycles. The van der Waals surface area contributed by atoms with Gasteiger partial charge in [0.2, 0.25) is 5.91 Å². The zero-order valence-corrected chi connectivity index (χ0v) is 6.55. The lowest BCUT2D eigenvalue weighted by Crippen LogP contribution is -2.32. The highest BCUT2D eigenvalue weighted by molar-refractivity contribution is 5.87. The lowest BCUT2D eigenvalue weighted by Gasteiger charge is -2.09. The normalized spacial score (nSPS) is 29.9. The minimum absolute atomic E-state index is 0.0934. The second-order valence-electron chi connectivity index (χ2n) is 2.98. The van der Waals surface area contributed by atoms with Gasteiger partial charge in [-0.1, -0.05) is 6.58 Å². The van der Waals surface area contributed by atoms with E-state index in [1.54, 1.807) is 0 Å². The van der Waals surface area contributed by atoms with Gasteiger partial charge in [0.05, 0.1) is 0 Å². The third-order valence-corrected chi connectivity index (χ3v) is 2.00. The summed E-state index contributed by atoms with van der Waals surface area (Å²) in [5.74, 6) is -0.0934. The molecule has 1 rings (SSSR count). The topological polar surface area (TPSA) is 55.1 Å². The van der Waals surface area contributed by atoms with Crippen LogP contribution in [0, 0.1) is 0 Å². The number of amides is 1. The van der Waals surface area contributed by atoms with E-state index in [1.807, 2.05) is 0 Å².